The zero-order chi connectivity index (χ0) is 22.9. The van der Waals surface area contributed by atoms with Crippen LogP contribution in [0.15, 0.2) is 58.5 Å². The van der Waals surface area contributed by atoms with Crippen LogP contribution >= 0.6 is 11.3 Å². The number of benzene rings is 1. The van der Waals surface area contributed by atoms with E-state index in [4.69, 9.17) is 18.6 Å². The minimum Gasteiger partial charge on any atom is -0.497 e. The van der Waals surface area contributed by atoms with Gasteiger partial charge in [0.25, 0.3) is 5.91 Å². The number of carbonyl (C=O) groups is 3. The van der Waals surface area contributed by atoms with Crippen LogP contribution in [0, 0.1) is 0 Å². The van der Waals surface area contributed by atoms with Crippen LogP contribution in [0.4, 0.5) is 5.00 Å². The first kappa shape index (κ1) is 22.8. The standard InChI is InChI=1S/C23H21NO7S/c1-3-29-23(27)21-18(15-6-8-16(28-2)9-7-15)14-32-22(21)24-19(25)13-31-20(26)11-10-17-5-4-12-30-17/h4-12,14H,3,13H2,1-2H3,(H,24,25)/b11-10+. The lowest BCUT2D eigenvalue weighted by Crippen LogP contribution is -2.21. The summed E-state index contributed by atoms with van der Waals surface area (Å²) in [7, 11) is 1.57. The van der Waals surface area contributed by atoms with E-state index in [2.05, 4.69) is 5.32 Å². The van der Waals surface area contributed by atoms with Gasteiger partial charge in [0.2, 0.25) is 0 Å². The van der Waals surface area contributed by atoms with Crippen LogP contribution in [0.1, 0.15) is 23.0 Å². The van der Waals surface area contributed by atoms with Crippen molar-refractivity contribution >= 4 is 40.3 Å². The van der Waals surface area contributed by atoms with E-state index in [-0.39, 0.29) is 12.2 Å². The first-order valence-electron chi connectivity index (χ1n) is 9.63. The highest BCUT2D eigenvalue weighted by Gasteiger charge is 2.23. The number of ether oxygens (including phenoxy) is 3. The summed E-state index contributed by atoms with van der Waals surface area (Å²) in [6.45, 7) is 1.37. The molecule has 9 heteroatoms. The van der Waals surface area contributed by atoms with Gasteiger partial charge >= 0.3 is 11.9 Å². The molecule has 0 bridgehead atoms. The molecule has 0 unspecified atom stereocenters. The van der Waals surface area contributed by atoms with Crippen molar-refractivity contribution in [1.82, 2.24) is 0 Å². The van der Waals surface area contributed by atoms with Crippen molar-refractivity contribution in [3.05, 3.63) is 65.4 Å². The quantitative estimate of drug-likeness (QED) is 0.377. The van der Waals surface area contributed by atoms with E-state index in [0.29, 0.717) is 22.1 Å². The van der Waals surface area contributed by atoms with E-state index in [0.717, 1.165) is 11.6 Å². The number of rotatable bonds is 9. The maximum atomic E-state index is 12.6. The minimum absolute atomic E-state index is 0.184. The minimum atomic E-state index is -0.702. The van der Waals surface area contributed by atoms with E-state index in [1.54, 1.807) is 43.7 Å². The van der Waals surface area contributed by atoms with E-state index in [1.165, 1.54) is 23.7 Å². The Labute approximate surface area is 188 Å². The lowest BCUT2D eigenvalue weighted by molar-refractivity contribution is -0.142. The molecule has 0 aliphatic carbocycles. The van der Waals surface area contributed by atoms with Crippen molar-refractivity contribution in [2.45, 2.75) is 6.92 Å². The van der Waals surface area contributed by atoms with Gasteiger partial charge in [-0.2, -0.15) is 0 Å². The molecule has 3 rings (SSSR count). The van der Waals surface area contributed by atoms with E-state index >= 15 is 0 Å². The molecule has 0 fully saturated rings. The molecular weight excluding hydrogens is 434 g/mol. The number of furan rings is 1. The van der Waals surface area contributed by atoms with Gasteiger partial charge in [0, 0.05) is 17.0 Å². The van der Waals surface area contributed by atoms with Gasteiger partial charge in [-0.1, -0.05) is 12.1 Å². The third kappa shape index (κ3) is 5.86. The van der Waals surface area contributed by atoms with Gasteiger partial charge in [0.1, 0.15) is 22.1 Å². The summed E-state index contributed by atoms with van der Waals surface area (Å²) in [4.78, 5) is 36.7. The second-order valence-electron chi connectivity index (χ2n) is 6.31. The summed E-state index contributed by atoms with van der Waals surface area (Å²) >= 11 is 1.18. The van der Waals surface area contributed by atoms with Gasteiger partial charge in [-0.25, -0.2) is 9.59 Å². The molecule has 2 heterocycles. The molecule has 3 aromatic rings. The van der Waals surface area contributed by atoms with Gasteiger partial charge in [-0.3, -0.25) is 4.79 Å². The Morgan fingerprint density at radius 2 is 1.91 bits per heavy atom. The summed E-state index contributed by atoms with van der Waals surface area (Å²) in [6, 6.07) is 10.5. The maximum absolute atomic E-state index is 12.6. The molecule has 166 valence electrons. The van der Waals surface area contributed by atoms with Crippen LogP contribution in [0.3, 0.4) is 0 Å². The Morgan fingerprint density at radius 3 is 2.56 bits per heavy atom. The number of nitrogens with one attached hydrogen (secondary N) is 1. The third-order valence-corrected chi connectivity index (χ3v) is 5.09. The summed E-state index contributed by atoms with van der Waals surface area (Å²) in [6.07, 6.45) is 4.06. The van der Waals surface area contributed by atoms with E-state index < -0.39 is 24.5 Å². The predicted molar refractivity (Wildman–Crippen MR) is 120 cm³/mol. The van der Waals surface area contributed by atoms with Crippen molar-refractivity contribution < 1.29 is 33.0 Å². The van der Waals surface area contributed by atoms with Gasteiger partial charge in [0.05, 0.1) is 20.0 Å². The van der Waals surface area contributed by atoms with Crippen LogP contribution in [0.25, 0.3) is 17.2 Å². The van der Waals surface area contributed by atoms with Crippen LogP contribution in [-0.4, -0.2) is 38.2 Å². The zero-order valence-electron chi connectivity index (χ0n) is 17.5. The molecular formula is C23H21NO7S. The summed E-state index contributed by atoms with van der Waals surface area (Å²) in [5, 5.41) is 4.68. The number of anilines is 1. The highest BCUT2D eigenvalue weighted by Crippen LogP contribution is 2.36. The Kier molecular flexibility index (Phi) is 7.82. The number of methoxy groups -OCH3 is 1. The summed E-state index contributed by atoms with van der Waals surface area (Å²) in [5.41, 5.74) is 1.62. The predicted octanol–water partition coefficient (Wildman–Crippen LogP) is 4.39. The van der Waals surface area contributed by atoms with E-state index in [1.807, 2.05) is 12.1 Å². The number of amides is 1. The van der Waals surface area contributed by atoms with Crippen molar-refractivity contribution in [2.24, 2.45) is 0 Å². The number of carbonyl (C=O) groups excluding carboxylic acids is 3. The van der Waals surface area contributed by atoms with Crippen molar-refractivity contribution in [3.8, 4) is 16.9 Å². The topological polar surface area (TPSA) is 104 Å². The van der Waals surface area contributed by atoms with Gasteiger partial charge in [-0.15, -0.1) is 11.3 Å². The third-order valence-electron chi connectivity index (χ3n) is 4.20. The monoisotopic (exact) mass is 455 g/mol. The number of hydrogen-bond acceptors (Lipinski definition) is 8. The van der Waals surface area contributed by atoms with Crippen LogP contribution in [0.2, 0.25) is 0 Å². The number of thiophene rings is 1. The highest BCUT2D eigenvalue weighted by molar-refractivity contribution is 7.15. The van der Waals surface area contributed by atoms with Crippen molar-refractivity contribution in [2.75, 3.05) is 25.6 Å². The molecule has 0 aliphatic heterocycles. The normalized spacial score (nSPS) is 10.7. The molecule has 1 amide bonds. The lowest BCUT2D eigenvalue weighted by atomic mass is 10.0. The zero-order valence-corrected chi connectivity index (χ0v) is 18.3. The number of esters is 2. The Morgan fingerprint density at radius 1 is 1.12 bits per heavy atom. The van der Waals surface area contributed by atoms with Gasteiger partial charge in [-0.05, 0) is 42.8 Å². The largest absolute Gasteiger partial charge is 0.497 e. The molecule has 8 nitrogen and oxygen atoms in total. The molecule has 32 heavy (non-hydrogen) atoms. The molecule has 0 spiro atoms. The second kappa shape index (κ2) is 11.0. The fourth-order valence-electron chi connectivity index (χ4n) is 2.72. The summed E-state index contributed by atoms with van der Waals surface area (Å²) < 4.78 is 20.3. The highest BCUT2D eigenvalue weighted by atomic mass is 32.1. The Hall–Kier alpha value is -3.85. The van der Waals surface area contributed by atoms with Crippen LogP contribution in [0.5, 0.6) is 5.75 Å². The smallest absolute Gasteiger partial charge is 0.341 e. The average molecular weight is 455 g/mol. The molecule has 0 radical (unpaired) electrons. The van der Waals surface area contributed by atoms with Gasteiger partial charge in [0.15, 0.2) is 6.61 Å². The SMILES string of the molecule is CCOC(=O)c1c(-c2ccc(OC)cc2)csc1NC(=O)COC(=O)/C=C/c1ccco1. The van der Waals surface area contributed by atoms with Crippen LogP contribution < -0.4 is 10.1 Å². The molecule has 0 saturated carbocycles. The number of hydrogen-bond donors (Lipinski definition) is 1. The second-order valence-corrected chi connectivity index (χ2v) is 7.19. The first-order valence-corrected chi connectivity index (χ1v) is 10.5. The maximum Gasteiger partial charge on any atom is 0.341 e. The molecule has 0 atom stereocenters. The fraction of sp³-hybridized carbons (Fsp3) is 0.174. The van der Waals surface area contributed by atoms with Gasteiger partial charge < -0.3 is 23.9 Å². The fourth-order valence-corrected chi connectivity index (χ4v) is 3.70. The van der Waals surface area contributed by atoms with Crippen molar-refractivity contribution in [3.63, 3.8) is 0 Å². The molecule has 2 aromatic heterocycles. The van der Waals surface area contributed by atoms with E-state index in [9.17, 15) is 14.4 Å². The lowest BCUT2D eigenvalue weighted by Gasteiger charge is -2.09. The summed E-state index contributed by atoms with van der Waals surface area (Å²) in [5.74, 6) is -0.688. The Balaban J connectivity index is 1.70. The molecule has 1 N–H and O–H groups in total. The molecule has 0 saturated heterocycles. The molecule has 1 aromatic carbocycles. The molecule has 0 aliphatic rings. The average Bonchev–Trinajstić information content (AvgIpc) is 3.46. The first-order chi connectivity index (χ1) is 15.5. The van der Waals surface area contributed by atoms with Crippen LogP contribution in [-0.2, 0) is 19.1 Å². The Bertz CT molecular complexity index is 1100. The van der Waals surface area contributed by atoms with Crippen molar-refractivity contribution in [1.29, 1.82) is 0 Å².